The Kier molecular flexibility index (Phi) is 5.07. The maximum absolute atomic E-state index is 12.0. The van der Waals surface area contributed by atoms with Crippen LogP contribution >= 0.6 is 11.3 Å². The molecule has 3 heterocycles. The smallest absolute Gasteiger partial charge is 0.315 e. The minimum Gasteiger partial charge on any atom is -0.494 e. The van der Waals surface area contributed by atoms with Gasteiger partial charge in [-0.1, -0.05) is 0 Å². The van der Waals surface area contributed by atoms with Gasteiger partial charge >= 0.3 is 6.03 Å². The summed E-state index contributed by atoms with van der Waals surface area (Å²) in [6, 6.07) is 3.15. The molecule has 2 amide bonds. The number of hydrogen-bond acceptors (Lipinski definition) is 7. The number of thiazole rings is 1. The molecule has 0 saturated carbocycles. The quantitative estimate of drug-likeness (QED) is 0.810. The van der Waals surface area contributed by atoms with Crippen molar-refractivity contribution in [3.8, 4) is 5.75 Å². The van der Waals surface area contributed by atoms with Gasteiger partial charge in [-0.2, -0.15) is 0 Å². The second-order valence-electron chi connectivity index (χ2n) is 7.61. The number of likely N-dealkylation sites (tertiary alicyclic amines) is 1. The minimum atomic E-state index is -0.856. The molecule has 1 aromatic carbocycles. The van der Waals surface area contributed by atoms with Gasteiger partial charge in [-0.3, -0.25) is 0 Å². The normalized spacial score (nSPS) is 25.9. The van der Waals surface area contributed by atoms with Crippen molar-refractivity contribution in [2.75, 3.05) is 44.9 Å². The number of anilines is 1. The van der Waals surface area contributed by atoms with E-state index in [1.165, 1.54) is 0 Å². The van der Waals surface area contributed by atoms with E-state index in [0.29, 0.717) is 38.3 Å². The van der Waals surface area contributed by atoms with Crippen LogP contribution in [0.1, 0.15) is 30.8 Å². The minimum absolute atomic E-state index is 0.346. The highest BCUT2D eigenvalue weighted by Crippen LogP contribution is 2.43. The van der Waals surface area contributed by atoms with Gasteiger partial charge in [0.05, 0.1) is 42.4 Å². The first-order valence-electron chi connectivity index (χ1n) is 9.48. The molecule has 2 aromatic rings. The van der Waals surface area contributed by atoms with Gasteiger partial charge in [0.25, 0.3) is 0 Å². The molecule has 8 nitrogen and oxygen atoms in total. The van der Waals surface area contributed by atoms with Gasteiger partial charge in [-0.25, -0.2) is 9.78 Å². The molecule has 2 aliphatic heterocycles. The van der Waals surface area contributed by atoms with Gasteiger partial charge in [0.2, 0.25) is 0 Å². The Bertz CT molecular complexity index is 878. The fraction of sp³-hybridized carbons (Fsp3) is 0.579. The van der Waals surface area contributed by atoms with Crippen LogP contribution in [-0.4, -0.2) is 66.6 Å². The van der Waals surface area contributed by atoms with Crippen LogP contribution in [0.25, 0.3) is 10.2 Å². The molecule has 28 heavy (non-hydrogen) atoms. The Morgan fingerprint density at radius 2 is 2.14 bits per heavy atom. The number of hydrogen-bond donors (Lipinski definition) is 2. The fourth-order valence-corrected chi connectivity index (χ4v) is 5.21. The molecular formula is C19H26N4O4S. The highest BCUT2D eigenvalue weighted by atomic mass is 32.1. The summed E-state index contributed by atoms with van der Waals surface area (Å²) in [6.45, 7) is 5.24. The fourth-order valence-electron chi connectivity index (χ4n) is 3.98. The Morgan fingerprint density at radius 3 is 2.82 bits per heavy atom. The van der Waals surface area contributed by atoms with Crippen LogP contribution in [0.4, 0.5) is 10.5 Å². The summed E-state index contributed by atoms with van der Waals surface area (Å²) in [6.07, 6.45) is 0.907. The van der Waals surface area contributed by atoms with Crippen molar-refractivity contribution in [3.05, 3.63) is 17.1 Å². The molecule has 2 atom stereocenters. The van der Waals surface area contributed by atoms with E-state index in [1.54, 1.807) is 30.3 Å². The van der Waals surface area contributed by atoms with Crippen LogP contribution in [0.3, 0.4) is 0 Å². The van der Waals surface area contributed by atoms with E-state index < -0.39 is 11.6 Å². The second-order valence-corrected chi connectivity index (χ2v) is 8.65. The number of aliphatic hydroxyl groups is 1. The van der Waals surface area contributed by atoms with Crippen molar-refractivity contribution in [3.63, 3.8) is 0 Å². The standard InChI is InChI=1S/C19H26N4O4S/c1-19(25)5-6-23(18(20)24)13(11-19)17-21-15-14(26-2)4-3-12(16(15)28-17)22-7-9-27-10-8-22/h3-4,13,25H,5-11H2,1-2H3,(H2,20,24). The molecule has 0 radical (unpaired) electrons. The SMILES string of the molecule is COc1ccc(N2CCOCC2)c2sc(C3CC(C)(O)CCN3C(N)=O)nc12. The van der Waals surface area contributed by atoms with Crippen molar-refractivity contribution in [1.29, 1.82) is 0 Å². The monoisotopic (exact) mass is 406 g/mol. The Morgan fingerprint density at radius 1 is 1.39 bits per heavy atom. The van der Waals surface area contributed by atoms with Crippen molar-refractivity contribution < 1.29 is 19.4 Å². The molecule has 9 heteroatoms. The number of morpholine rings is 1. The number of amides is 2. The second kappa shape index (κ2) is 7.38. The van der Waals surface area contributed by atoms with Gasteiger partial charge in [-0.05, 0) is 25.5 Å². The van der Waals surface area contributed by atoms with E-state index in [1.807, 2.05) is 6.07 Å². The number of methoxy groups -OCH3 is 1. The zero-order valence-electron chi connectivity index (χ0n) is 16.2. The highest BCUT2D eigenvalue weighted by molar-refractivity contribution is 7.19. The molecular weight excluding hydrogens is 380 g/mol. The van der Waals surface area contributed by atoms with Gasteiger partial charge < -0.3 is 30.1 Å². The molecule has 0 aliphatic carbocycles. The largest absolute Gasteiger partial charge is 0.494 e. The van der Waals surface area contributed by atoms with Gasteiger partial charge in [0.15, 0.2) is 0 Å². The molecule has 0 spiro atoms. The molecule has 0 bridgehead atoms. The van der Waals surface area contributed by atoms with Crippen LogP contribution in [0, 0.1) is 0 Å². The van der Waals surface area contributed by atoms with E-state index in [9.17, 15) is 9.90 Å². The molecule has 2 aliphatic rings. The molecule has 4 rings (SSSR count). The van der Waals surface area contributed by atoms with E-state index >= 15 is 0 Å². The van der Waals surface area contributed by atoms with Gasteiger partial charge in [0.1, 0.15) is 16.3 Å². The topological polar surface area (TPSA) is 101 Å². The van der Waals surface area contributed by atoms with Crippen LogP contribution < -0.4 is 15.4 Å². The summed E-state index contributed by atoms with van der Waals surface area (Å²) in [7, 11) is 1.63. The molecule has 2 saturated heterocycles. The number of piperidine rings is 1. The number of carbonyl (C=O) groups is 1. The number of rotatable bonds is 3. The maximum atomic E-state index is 12.0. The lowest BCUT2D eigenvalue weighted by Gasteiger charge is -2.40. The Hall–Kier alpha value is -2.10. The van der Waals surface area contributed by atoms with Gasteiger partial charge in [-0.15, -0.1) is 11.3 Å². The number of ether oxygens (including phenoxy) is 2. The molecule has 2 fully saturated rings. The molecule has 2 unspecified atom stereocenters. The lowest BCUT2D eigenvalue weighted by atomic mass is 9.88. The van der Waals surface area contributed by atoms with Crippen LogP contribution in [0.5, 0.6) is 5.75 Å². The number of primary amides is 1. The number of urea groups is 1. The van der Waals surface area contributed by atoms with E-state index in [0.717, 1.165) is 34.0 Å². The van der Waals surface area contributed by atoms with E-state index in [2.05, 4.69) is 11.0 Å². The van der Waals surface area contributed by atoms with Gasteiger partial charge in [0, 0.05) is 26.1 Å². The van der Waals surface area contributed by atoms with Crippen molar-refractivity contribution in [1.82, 2.24) is 9.88 Å². The first kappa shape index (κ1) is 19.2. The Balaban J connectivity index is 1.79. The first-order chi connectivity index (χ1) is 13.4. The lowest BCUT2D eigenvalue weighted by molar-refractivity contribution is -0.0197. The number of nitrogens with zero attached hydrogens (tertiary/aromatic N) is 3. The third kappa shape index (κ3) is 3.49. The van der Waals surface area contributed by atoms with Crippen molar-refractivity contribution in [2.24, 2.45) is 5.73 Å². The predicted molar refractivity (Wildman–Crippen MR) is 108 cm³/mol. The summed E-state index contributed by atoms with van der Waals surface area (Å²) < 4.78 is 12.0. The number of benzene rings is 1. The number of fused-ring (bicyclic) bond motifs is 1. The van der Waals surface area contributed by atoms with Crippen molar-refractivity contribution in [2.45, 2.75) is 31.4 Å². The summed E-state index contributed by atoms with van der Waals surface area (Å²) in [5.74, 6) is 0.697. The third-order valence-electron chi connectivity index (χ3n) is 5.54. The van der Waals surface area contributed by atoms with E-state index in [-0.39, 0.29) is 6.04 Å². The highest BCUT2D eigenvalue weighted by Gasteiger charge is 2.39. The number of aromatic nitrogens is 1. The van der Waals surface area contributed by atoms with Crippen LogP contribution in [0.2, 0.25) is 0 Å². The molecule has 3 N–H and O–H groups in total. The van der Waals surface area contributed by atoms with Crippen molar-refractivity contribution >= 4 is 33.3 Å². The van der Waals surface area contributed by atoms with Crippen LogP contribution in [0.15, 0.2) is 12.1 Å². The maximum Gasteiger partial charge on any atom is 0.315 e. The predicted octanol–water partition coefficient (Wildman–Crippen LogP) is 2.11. The summed E-state index contributed by atoms with van der Waals surface area (Å²) >= 11 is 1.54. The lowest BCUT2D eigenvalue weighted by Crippen LogP contribution is -2.49. The average molecular weight is 407 g/mol. The summed E-state index contributed by atoms with van der Waals surface area (Å²) in [5.41, 5.74) is 6.63. The summed E-state index contributed by atoms with van der Waals surface area (Å²) in [5, 5.41) is 11.4. The first-order valence-corrected chi connectivity index (χ1v) is 10.3. The zero-order chi connectivity index (χ0) is 19.9. The molecule has 152 valence electrons. The third-order valence-corrected chi connectivity index (χ3v) is 6.72. The Labute approximate surface area is 167 Å². The molecule has 1 aromatic heterocycles. The van der Waals surface area contributed by atoms with E-state index in [4.69, 9.17) is 20.2 Å². The zero-order valence-corrected chi connectivity index (χ0v) is 17.0. The summed E-state index contributed by atoms with van der Waals surface area (Å²) in [4.78, 5) is 20.7. The number of carbonyl (C=O) groups excluding carboxylic acids is 1. The average Bonchev–Trinajstić information content (AvgIpc) is 3.12. The number of nitrogens with two attached hydrogens (primary N) is 1. The van der Waals surface area contributed by atoms with Crippen LogP contribution in [-0.2, 0) is 4.74 Å².